The van der Waals surface area contributed by atoms with Gasteiger partial charge in [0.1, 0.15) is 5.82 Å². The number of rotatable bonds is 8. The molecule has 1 aromatic heterocycles. The zero-order chi connectivity index (χ0) is 14.3. The molecule has 3 heteroatoms. The topological polar surface area (TPSA) is 42.1 Å². The first-order valence-corrected chi connectivity index (χ1v) is 7.42. The Morgan fingerprint density at radius 3 is 2.00 bits per heavy atom. The molecule has 0 bridgehead atoms. The third-order valence-corrected chi connectivity index (χ3v) is 3.32. The monoisotopic (exact) mass is 263 g/mol. The molecule has 0 aliphatic rings. The van der Waals surface area contributed by atoms with E-state index in [2.05, 4.69) is 49.7 Å². The molecule has 0 saturated carbocycles. The Kier molecular flexibility index (Phi) is 6.85. The van der Waals surface area contributed by atoms with Crippen molar-refractivity contribution in [2.45, 2.75) is 47.1 Å². The first-order chi connectivity index (χ1) is 9.02. The molecule has 0 radical (unpaired) electrons. The molecule has 0 aromatic carbocycles. The molecule has 1 heterocycles. The quantitative estimate of drug-likeness (QED) is 0.781. The lowest BCUT2D eigenvalue weighted by molar-refractivity contribution is 0.533. The van der Waals surface area contributed by atoms with Gasteiger partial charge in [0.2, 0.25) is 0 Å². The predicted molar refractivity (Wildman–Crippen MR) is 83.3 cm³/mol. The highest BCUT2D eigenvalue weighted by Gasteiger charge is 2.09. The van der Waals surface area contributed by atoms with Gasteiger partial charge in [-0.25, -0.2) is 4.98 Å². The van der Waals surface area contributed by atoms with Crippen LogP contribution in [0.3, 0.4) is 0 Å². The standard InChI is InChI=1S/C16H29N3/c1-13(2)7-9-19(10-8-14(3)4)16-6-5-15(11-17)12-18-16/h5-6,12-14H,7-11,17H2,1-4H3. The van der Waals surface area contributed by atoms with Gasteiger partial charge in [-0.05, 0) is 36.3 Å². The molecular formula is C16H29N3. The lowest BCUT2D eigenvalue weighted by atomic mass is 10.1. The third-order valence-electron chi connectivity index (χ3n) is 3.32. The van der Waals surface area contributed by atoms with E-state index in [4.69, 9.17) is 5.73 Å². The van der Waals surface area contributed by atoms with Crippen LogP contribution in [0, 0.1) is 11.8 Å². The van der Waals surface area contributed by atoms with Crippen LogP contribution in [0.25, 0.3) is 0 Å². The van der Waals surface area contributed by atoms with Gasteiger partial charge in [-0.15, -0.1) is 0 Å². The Morgan fingerprint density at radius 1 is 1.05 bits per heavy atom. The largest absolute Gasteiger partial charge is 0.357 e. The minimum Gasteiger partial charge on any atom is -0.357 e. The number of aromatic nitrogens is 1. The second kappa shape index (κ2) is 8.16. The highest BCUT2D eigenvalue weighted by atomic mass is 15.2. The van der Waals surface area contributed by atoms with Gasteiger partial charge in [-0.1, -0.05) is 33.8 Å². The van der Waals surface area contributed by atoms with Crippen LogP contribution < -0.4 is 10.6 Å². The lowest BCUT2D eigenvalue weighted by Gasteiger charge is -2.25. The SMILES string of the molecule is CC(C)CCN(CCC(C)C)c1ccc(CN)cn1. The fraction of sp³-hybridized carbons (Fsp3) is 0.688. The first-order valence-electron chi connectivity index (χ1n) is 7.42. The molecule has 0 unspecified atom stereocenters. The number of pyridine rings is 1. The van der Waals surface area contributed by atoms with E-state index in [0.717, 1.165) is 36.3 Å². The second-order valence-corrected chi connectivity index (χ2v) is 6.08. The Hall–Kier alpha value is -1.09. The van der Waals surface area contributed by atoms with E-state index in [-0.39, 0.29) is 0 Å². The van der Waals surface area contributed by atoms with Crippen LogP contribution in [0.2, 0.25) is 0 Å². The summed E-state index contributed by atoms with van der Waals surface area (Å²) in [6.07, 6.45) is 4.31. The van der Waals surface area contributed by atoms with Crippen LogP contribution >= 0.6 is 0 Å². The van der Waals surface area contributed by atoms with Crippen LogP contribution in [0.4, 0.5) is 5.82 Å². The van der Waals surface area contributed by atoms with E-state index in [1.165, 1.54) is 12.8 Å². The Bertz CT molecular complexity index is 332. The summed E-state index contributed by atoms with van der Waals surface area (Å²) in [6.45, 7) is 11.8. The van der Waals surface area contributed by atoms with Crippen molar-refractivity contribution < 1.29 is 0 Å². The third kappa shape index (κ3) is 6.06. The van der Waals surface area contributed by atoms with Crippen molar-refractivity contribution >= 4 is 5.82 Å². The number of nitrogens with two attached hydrogens (primary N) is 1. The van der Waals surface area contributed by atoms with Crippen molar-refractivity contribution in [1.82, 2.24) is 4.98 Å². The van der Waals surface area contributed by atoms with Crippen molar-refractivity contribution in [2.75, 3.05) is 18.0 Å². The fourth-order valence-electron chi connectivity index (χ4n) is 1.89. The van der Waals surface area contributed by atoms with E-state index in [1.54, 1.807) is 0 Å². The summed E-state index contributed by atoms with van der Waals surface area (Å²) in [5.74, 6) is 2.54. The second-order valence-electron chi connectivity index (χ2n) is 6.08. The Balaban J connectivity index is 2.69. The molecule has 2 N–H and O–H groups in total. The molecule has 0 amide bonds. The molecule has 0 spiro atoms. The molecule has 108 valence electrons. The van der Waals surface area contributed by atoms with Crippen LogP contribution in [-0.4, -0.2) is 18.1 Å². The minimum atomic E-state index is 0.561. The molecule has 0 aliphatic carbocycles. The summed E-state index contributed by atoms with van der Waals surface area (Å²) in [5, 5.41) is 0. The van der Waals surface area contributed by atoms with Crippen LogP contribution in [0.15, 0.2) is 18.3 Å². The molecule has 1 rings (SSSR count). The van der Waals surface area contributed by atoms with Crippen LogP contribution in [-0.2, 0) is 6.54 Å². The van der Waals surface area contributed by atoms with Crippen molar-refractivity contribution in [1.29, 1.82) is 0 Å². The average Bonchev–Trinajstić information content (AvgIpc) is 2.38. The lowest BCUT2D eigenvalue weighted by Crippen LogP contribution is -2.28. The maximum atomic E-state index is 5.62. The molecule has 0 saturated heterocycles. The normalized spacial score (nSPS) is 11.3. The zero-order valence-electron chi connectivity index (χ0n) is 12.9. The number of hydrogen-bond donors (Lipinski definition) is 1. The molecule has 0 aliphatic heterocycles. The Labute approximate surface area is 118 Å². The first kappa shape index (κ1) is 16.0. The number of anilines is 1. The maximum Gasteiger partial charge on any atom is 0.128 e. The minimum absolute atomic E-state index is 0.561. The molecule has 3 nitrogen and oxygen atoms in total. The summed E-state index contributed by atoms with van der Waals surface area (Å²) >= 11 is 0. The molecular weight excluding hydrogens is 234 g/mol. The van der Waals surface area contributed by atoms with E-state index >= 15 is 0 Å². The highest BCUT2D eigenvalue weighted by Crippen LogP contribution is 2.15. The van der Waals surface area contributed by atoms with Crippen molar-refractivity contribution in [3.63, 3.8) is 0 Å². The van der Waals surface area contributed by atoms with Crippen molar-refractivity contribution in [2.24, 2.45) is 17.6 Å². The van der Waals surface area contributed by atoms with E-state index in [0.29, 0.717) is 6.54 Å². The molecule has 19 heavy (non-hydrogen) atoms. The summed E-state index contributed by atoms with van der Waals surface area (Å²) in [6, 6.07) is 4.18. The zero-order valence-corrected chi connectivity index (χ0v) is 12.9. The highest BCUT2D eigenvalue weighted by molar-refractivity contribution is 5.39. The number of nitrogens with zero attached hydrogens (tertiary/aromatic N) is 2. The fourth-order valence-corrected chi connectivity index (χ4v) is 1.89. The van der Waals surface area contributed by atoms with Gasteiger partial charge in [0, 0.05) is 25.8 Å². The molecule has 0 atom stereocenters. The van der Waals surface area contributed by atoms with Gasteiger partial charge in [0.15, 0.2) is 0 Å². The smallest absolute Gasteiger partial charge is 0.128 e. The van der Waals surface area contributed by atoms with Gasteiger partial charge in [-0.3, -0.25) is 0 Å². The molecule has 0 fully saturated rings. The summed E-state index contributed by atoms with van der Waals surface area (Å²) < 4.78 is 0. The molecule has 1 aromatic rings. The van der Waals surface area contributed by atoms with Gasteiger partial charge in [0.25, 0.3) is 0 Å². The van der Waals surface area contributed by atoms with Gasteiger partial charge in [-0.2, -0.15) is 0 Å². The van der Waals surface area contributed by atoms with Gasteiger partial charge >= 0.3 is 0 Å². The van der Waals surface area contributed by atoms with Gasteiger partial charge in [0.05, 0.1) is 0 Å². The van der Waals surface area contributed by atoms with Crippen LogP contribution in [0.1, 0.15) is 46.1 Å². The van der Waals surface area contributed by atoms with Gasteiger partial charge < -0.3 is 10.6 Å². The van der Waals surface area contributed by atoms with E-state index in [1.807, 2.05) is 6.20 Å². The number of hydrogen-bond acceptors (Lipinski definition) is 3. The van der Waals surface area contributed by atoms with Crippen molar-refractivity contribution in [3.8, 4) is 0 Å². The van der Waals surface area contributed by atoms with E-state index in [9.17, 15) is 0 Å². The van der Waals surface area contributed by atoms with Crippen molar-refractivity contribution in [3.05, 3.63) is 23.9 Å². The maximum absolute atomic E-state index is 5.62. The Morgan fingerprint density at radius 2 is 1.63 bits per heavy atom. The summed E-state index contributed by atoms with van der Waals surface area (Å²) in [7, 11) is 0. The van der Waals surface area contributed by atoms with E-state index < -0.39 is 0 Å². The average molecular weight is 263 g/mol. The summed E-state index contributed by atoms with van der Waals surface area (Å²) in [4.78, 5) is 6.95. The summed E-state index contributed by atoms with van der Waals surface area (Å²) in [5.41, 5.74) is 6.71. The van der Waals surface area contributed by atoms with Crippen LogP contribution in [0.5, 0.6) is 0 Å². The predicted octanol–water partition coefficient (Wildman–Crippen LogP) is 3.44.